The summed E-state index contributed by atoms with van der Waals surface area (Å²) in [5, 5.41) is 4.79. The van der Waals surface area contributed by atoms with Gasteiger partial charge in [-0.2, -0.15) is 0 Å². The van der Waals surface area contributed by atoms with Crippen molar-refractivity contribution >= 4 is 28.4 Å². The molecule has 1 aromatic carbocycles. The van der Waals surface area contributed by atoms with Gasteiger partial charge in [0.05, 0.1) is 5.02 Å². The molecule has 96 valence electrons. The molecule has 0 fully saturated rings. The van der Waals surface area contributed by atoms with Crippen LogP contribution in [0.5, 0.6) is 0 Å². The topological polar surface area (TPSA) is 38.1 Å². The summed E-state index contributed by atoms with van der Waals surface area (Å²) in [6, 6.07) is 13.5. The average molecular weight is 273 g/mol. The number of fused-ring (bicyclic) bond motifs is 1. The van der Waals surface area contributed by atoms with E-state index in [0.717, 1.165) is 29.2 Å². The lowest BCUT2D eigenvalue weighted by Crippen LogP contribution is -1.99. The smallest absolute Gasteiger partial charge is 0.153 e. The SMILES string of the molecule is CCNc1cccc(-c2cc3cccc(Cl)c3o2)n1. The van der Waals surface area contributed by atoms with Crippen LogP contribution in [0.25, 0.3) is 22.4 Å². The third-order valence-electron chi connectivity index (χ3n) is 2.86. The van der Waals surface area contributed by atoms with Crippen molar-refractivity contribution in [2.24, 2.45) is 0 Å². The van der Waals surface area contributed by atoms with E-state index in [1.807, 2.05) is 49.4 Å². The Morgan fingerprint density at radius 2 is 2.05 bits per heavy atom. The van der Waals surface area contributed by atoms with Crippen molar-refractivity contribution in [3.63, 3.8) is 0 Å². The number of nitrogens with one attached hydrogen (secondary N) is 1. The zero-order chi connectivity index (χ0) is 13.2. The molecular weight excluding hydrogens is 260 g/mol. The van der Waals surface area contributed by atoms with E-state index < -0.39 is 0 Å². The Labute approximate surface area is 116 Å². The first-order chi connectivity index (χ1) is 9.28. The molecule has 3 nitrogen and oxygen atoms in total. The zero-order valence-electron chi connectivity index (χ0n) is 10.5. The molecule has 3 aromatic rings. The molecule has 0 saturated heterocycles. The second-order valence-corrected chi connectivity index (χ2v) is 4.61. The molecule has 2 aromatic heterocycles. The summed E-state index contributed by atoms with van der Waals surface area (Å²) in [6.45, 7) is 2.87. The molecule has 2 heterocycles. The first kappa shape index (κ1) is 12.1. The van der Waals surface area contributed by atoms with Crippen LogP contribution in [0.4, 0.5) is 5.82 Å². The monoisotopic (exact) mass is 272 g/mol. The lowest BCUT2D eigenvalue weighted by molar-refractivity contribution is 0.629. The number of aromatic nitrogens is 1. The van der Waals surface area contributed by atoms with Gasteiger partial charge >= 0.3 is 0 Å². The Bertz CT molecular complexity index is 721. The van der Waals surface area contributed by atoms with Crippen LogP contribution in [0, 0.1) is 0 Å². The van der Waals surface area contributed by atoms with E-state index in [9.17, 15) is 0 Å². The van der Waals surface area contributed by atoms with Gasteiger partial charge in [0.15, 0.2) is 11.3 Å². The number of furan rings is 1. The highest BCUT2D eigenvalue weighted by Gasteiger charge is 2.10. The first-order valence-electron chi connectivity index (χ1n) is 6.17. The standard InChI is InChI=1S/C15H13ClN2O/c1-2-17-14-8-4-7-12(18-14)13-9-10-5-3-6-11(16)15(10)19-13/h3-9H,2H2,1H3,(H,17,18). The van der Waals surface area contributed by atoms with Gasteiger partial charge in [0.25, 0.3) is 0 Å². The van der Waals surface area contributed by atoms with Crippen molar-refractivity contribution < 1.29 is 4.42 Å². The summed E-state index contributed by atoms with van der Waals surface area (Å²) in [4.78, 5) is 4.51. The van der Waals surface area contributed by atoms with Crippen LogP contribution in [0.15, 0.2) is 46.9 Å². The predicted octanol–water partition coefficient (Wildman–Crippen LogP) is 4.58. The molecule has 4 heteroatoms. The minimum absolute atomic E-state index is 0.617. The highest BCUT2D eigenvalue weighted by molar-refractivity contribution is 6.34. The van der Waals surface area contributed by atoms with Crippen LogP contribution < -0.4 is 5.32 Å². The number of para-hydroxylation sites is 1. The van der Waals surface area contributed by atoms with Gasteiger partial charge in [-0.05, 0) is 31.2 Å². The summed E-state index contributed by atoms with van der Waals surface area (Å²) < 4.78 is 5.80. The quantitative estimate of drug-likeness (QED) is 0.758. The second kappa shape index (κ2) is 4.94. The average Bonchev–Trinajstić information content (AvgIpc) is 2.85. The van der Waals surface area contributed by atoms with Crippen LogP contribution in [-0.2, 0) is 0 Å². The van der Waals surface area contributed by atoms with E-state index in [1.165, 1.54) is 0 Å². The number of nitrogens with zero attached hydrogens (tertiary/aromatic N) is 1. The minimum atomic E-state index is 0.617. The Morgan fingerprint density at radius 3 is 2.84 bits per heavy atom. The Hall–Kier alpha value is -2.00. The third-order valence-corrected chi connectivity index (χ3v) is 3.15. The molecule has 0 bridgehead atoms. The van der Waals surface area contributed by atoms with Gasteiger partial charge < -0.3 is 9.73 Å². The fourth-order valence-corrected chi connectivity index (χ4v) is 2.23. The first-order valence-corrected chi connectivity index (χ1v) is 6.55. The maximum Gasteiger partial charge on any atom is 0.153 e. The molecule has 0 aliphatic rings. The van der Waals surface area contributed by atoms with E-state index in [0.29, 0.717) is 10.6 Å². The van der Waals surface area contributed by atoms with Crippen LogP contribution in [0.1, 0.15) is 6.92 Å². The van der Waals surface area contributed by atoms with Crippen LogP contribution in [0.3, 0.4) is 0 Å². The minimum Gasteiger partial charge on any atom is -0.453 e. The molecule has 3 rings (SSSR count). The van der Waals surface area contributed by atoms with Crippen molar-refractivity contribution in [1.82, 2.24) is 4.98 Å². The van der Waals surface area contributed by atoms with Crippen molar-refractivity contribution in [2.75, 3.05) is 11.9 Å². The molecule has 0 aliphatic heterocycles. The van der Waals surface area contributed by atoms with Crippen LogP contribution in [0.2, 0.25) is 5.02 Å². The summed E-state index contributed by atoms with van der Waals surface area (Å²) in [5.74, 6) is 1.56. The van der Waals surface area contributed by atoms with Gasteiger partial charge in [-0.3, -0.25) is 0 Å². The number of benzene rings is 1. The molecule has 19 heavy (non-hydrogen) atoms. The Balaban J connectivity index is 2.08. The van der Waals surface area contributed by atoms with E-state index in [-0.39, 0.29) is 0 Å². The molecule has 0 aliphatic carbocycles. The molecule has 0 radical (unpaired) electrons. The van der Waals surface area contributed by atoms with E-state index in [4.69, 9.17) is 16.0 Å². The molecule has 0 spiro atoms. The fourth-order valence-electron chi connectivity index (χ4n) is 2.01. The van der Waals surface area contributed by atoms with Crippen molar-refractivity contribution in [1.29, 1.82) is 0 Å². The van der Waals surface area contributed by atoms with Crippen molar-refractivity contribution in [3.8, 4) is 11.5 Å². The van der Waals surface area contributed by atoms with Gasteiger partial charge in [-0.15, -0.1) is 0 Å². The van der Waals surface area contributed by atoms with Gasteiger partial charge in [0, 0.05) is 11.9 Å². The molecule has 1 N–H and O–H groups in total. The molecular formula is C15H13ClN2O. The molecule has 0 amide bonds. The number of halogens is 1. The highest BCUT2D eigenvalue weighted by atomic mass is 35.5. The van der Waals surface area contributed by atoms with E-state index in [2.05, 4.69) is 10.3 Å². The maximum atomic E-state index is 6.11. The van der Waals surface area contributed by atoms with Crippen molar-refractivity contribution in [2.45, 2.75) is 6.92 Å². The number of hydrogen-bond acceptors (Lipinski definition) is 3. The van der Waals surface area contributed by atoms with Crippen LogP contribution >= 0.6 is 11.6 Å². The number of anilines is 1. The van der Waals surface area contributed by atoms with Gasteiger partial charge in [-0.25, -0.2) is 4.98 Å². The summed E-state index contributed by atoms with van der Waals surface area (Å²) in [7, 11) is 0. The second-order valence-electron chi connectivity index (χ2n) is 4.21. The zero-order valence-corrected chi connectivity index (χ0v) is 11.2. The summed E-state index contributed by atoms with van der Waals surface area (Å²) in [6.07, 6.45) is 0. The number of pyridine rings is 1. The Kier molecular flexibility index (Phi) is 3.13. The molecule has 0 unspecified atom stereocenters. The third kappa shape index (κ3) is 2.29. The number of rotatable bonds is 3. The summed E-state index contributed by atoms with van der Waals surface area (Å²) >= 11 is 6.11. The molecule has 0 saturated carbocycles. The normalized spacial score (nSPS) is 10.8. The maximum absolute atomic E-state index is 6.11. The van der Waals surface area contributed by atoms with Gasteiger partial charge in [-0.1, -0.05) is 29.8 Å². The molecule has 0 atom stereocenters. The van der Waals surface area contributed by atoms with Crippen molar-refractivity contribution in [3.05, 3.63) is 47.5 Å². The highest BCUT2D eigenvalue weighted by Crippen LogP contribution is 2.31. The number of hydrogen-bond donors (Lipinski definition) is 1. The summed E-state index contributed by atoms with van der Waals surface area (Å²) in [5.41, 5.74) is 1.50. The Morgan fingerprint density at radius 1 is 1.21 bits per heavy atom. The van der Waals surface area contributed by atoms with E-state index in [1.54, 1.807) is 0 Å². The largest absolute Gasteiger partial charge is 0.453 e. The van der Waals surface area contributed by atoms with E-state index >= 15 is 0 Å². The van der Waals surface area contributed by atoms with Crippen LogP contribution in [-0.4, -0.2) is 11.5 Å². The fraction of sp³-hybridized carbons (Fsp3) is 0.133. The lowest BCUT2D eigenvalue weighted by Gasteiger charge is -2.03. The predicted molar refractivity (Wildman–Crippen MR) is 78.6 cm³/mol. The lowest BCUT2D eigenvalue weighted by atomic mass is 10.2. The van der Waals surface area contributed by atoms with Gasteiger partial charge in [0.1, 0.15) is 11.5 Å². The van der Waals surface area contributed by atoms with Gasteiger partial charge in [0.2, 0.25) is 0 Å².